The van der Waals surface area contributed by atoms with Crippen LogP contribution in [0.1, 0.15) is 38.5 Å². The summed E-state index contributed by atoms with van der Waals surface area (Å²) < 4.78 is 36.1. The van der Waals surface area contributed by atoms with Gasteiger partial charge in [0.2, 0.25) is 0 Å². The van der Waals surface area contributed by atoms with Gasteiger partial charge in [0.05, 0.1) is 6.10 Å². The first-order chi connectivity index (χ1) is 7.46. The molecule has 2 aliphatic heterocycles. The first-order valence-electron chi connectivity index (χ1n) is 5.96. The van der Waals surface area contributed by atoms with Crippen LogP contribution in [-0.2, 0) is 0 Å². The zero-order valence-corrected chi connectivity index (χ0v) is 9.21. The Morgan fingerprint density at radius 2 is 1.69 bits per heavy atom. The Hall–Kier alpha value is -0.290. The summed E-state index contributed by atoms with van der Waals surface area (Å²) in [7, 11) is 0. The fourth-order valence-electron chi connectivity index (χ4n) is 3.07. The number of hydrogen-bond donors (Lipinski definition) is 1. The van der Waals surface area contributed by atoms with Crippen LogP contribution in [0.25, 0.3) is 0 Å². The van der Waals surface area contributed by atoms with Crippen molar-refractivity contribution in [3.63, 3.8) is 0 Å². The molecular weight excluding hydrogens is 219 g/mol. The predicted octanol–water partition coefficient (Wildman–Crippen LogP) is 2.32. The Morgan fingerprint density at radius 3 is 2.19 bits per heavy atom. The molecule has 2 aliphatic rings. The molecule has 1 N–H and O–H groups in total. The van der Waals surface area contributed by atoms with E-state index >= 15 is 0 Å². The van der Waals surface area contributed by atoms with Crippen molar-refractivity contribution in [2.75, 3.05) is 6.54 Å². The number of nitrogens with zero attached hydrogens (tertiary/aromatic N) is 1. The number of halogens is 3. The van der Waals surface area contributed by atoms with Crippen LogP contribution in [-0.4, -0.2) is 40.9 Å². The zero-order valence-electron chi connectivity index (χ0n) is 9.21. The molecule has 2 nitrogen and oxygen atoms in total. The van der Waals surface area contributed by atoms with Gasteiger partial charge in [0, 0.05) is 18.5 Å². The maximum Gasteiger partial charge on any atom is 0.389 e. The number of rotatable bonds is 3. The Balaban J connectivity index is 1.79. The van der Waals surface area contributed by atoms with Crippen LogP contribution in [0.15, 0.2) is 0 Å². The lowest BCUT2D eigenvalue weighted by Crippen LogP contribution is -2.45. The summed E-state index contributed by atoms with van der Waals surface area (Å²) in [6, 6.07) is 0.643. The lowest BCUT2D eigenvalue weighted by Gasteiger charge is -2.37. The number of aliphatic hydroxyl groups excluding tert-OH is 1. The Morgan fingerprint density at radius 1 is 1.12 bits per heavy atom. The van der Waals surface area contributed by atoms with Crippen molar-refractivity contribution >= 4 is 0 Å². The van der Waals surface area contributed by atoms with Crippen LogP contribution >= 0.6 is 0 Å². The minimum atomic E-state index is -4.03. The van der Waals surface area contributed by atoms with E-state index in [2.05, 4.69) is 4.90 Å². The molecule has 2 rings (SSSR count). The van der Waals surface area contributed by atoms with E-state index < -0.39 is 12.6 Å². The molecule has 0 spiro atoms. The fraction of sp³-hybridized carbons (Fsp3) is 1.00. The van der Waals surface area contributed by atoms with Gasteiger partial charge >= 0.3 is 6.18 Å². The molecular formula is C11H18F3NO. The third kappa shape index (κ3) is 2.88. The monoisotopic (exact) mass is 237 g/mol. The summed E-state index contributed by atoms with van der Waals surface area (Å²) in [6.45, 7) is 0.529. The molecule has 2 unspecified atom stereocenters. The van der Waals surface area contributed by atoms with Gasteiger partial charge in [0.25, 0.3) is 0 Å². The van der Waals surface area contributed by atoms with Gasteiger partial charge in [-0.2, -0.15) is 13.2 Å². The second-order valence-corrected chi connectivity index (χ2v) is 4.97. The van der Waals surface area contributed by atoms with Crippen LogP contribution in [0.4, 0.5) is 13.2 Å². The summed E-state index contributed by atoms with van der Waals surface area (Å²) in [5.41, 5.74) is 0. The van der Waals surface area contributed by atoms with Gasteiger partial charge in [-0.25, -0.2) is 0 Å². The number of fused-ring (bicyclic) bond motifs is 2. The normalized spacial score (nSPS) is 35.6. The van der Waals surface area contributed by atoms with Crippen LogP contribution in [0.3, 0.4) is 0 Å². The minimum Gasteiger partial charge on any atom is -0.393 e. The van der Waals surface area contributed by atoms with Gasteiger partial charge in [0.15, 0.2) is 0 Å². The van der Waals surface area contributed by atoms with Gasteiger partial charge in [-0.15, -0.1) is 0 Å². The van der Waals surface area contributed by atoms with Crippen molar-refractivity contribution in [3.05, 3.63) is 0 Å². The van der Waals surface area contributed by atoms with Gasteiger partial charge in [-0.3, -0.25) is 4.90 Å². The molecule has 0 aliphatic carbocycles. The third-order valence-electron chi connectivity index (χ3n) is 3.74. The highest BCUT2D eigenvalue weighted by Gasteiger charge is 2.40. The maximum absolute atomic E-state index is 12.0. The molecule has 0 radical (unpaired) electrons. The topological polar surface area (TPSA) is 23.5 Å². The van der Waals surface area contributed by atoms with Gasteiger partial charge in [0.1, 0.15) is 0 Å². The SMILES string of the molecule is OC1CC2CCC(C1)N2CCCC(F)(F)F. The maximum atomic E-state index is 12.0. The minimum absolute atomic E-state index is 0.187. The highest BCUT2D eigenvalue weighted by molar-refractivity contribution is 4.94. The smallest absolute Gasteiger partial charge is 0.389 e. The third-order valence-corrected chi connectivity index (χ3v) is 3.74. The molecule has 0 aromatic heterocycles. The van der Waals surface area contributed by atoms with Crippen molar-refractivity contribution in [2.24, 2.45) is 0 Å². The highest BCUT2D eigenvalue weighted by atomic mass is 19.4. The van der Waals surface area contributed by atoms with Gasteiger partial charge in [-0.05, 0) is 38.6 Å². The van der Waals surface area contributed by atoms with E-state index in [9.17, 15) is 18.3 Å². The molecule has 5 heteroatoms. The molecule has 2 saturated heterocycles. The average molecular weight is 237 g/mol. The van der Waals surface area contributed by atoms with Crippen LogP contribution in [0.5, 0.6) is 0 Å². The van der Waals surface area contributed by atoms with Crippen LogP contribution in [0.2, 0.25) is 0 Å². The van der Waals surface area contributed by atoms with E-state index in [1.54, 1.807) is 0 Å². The molecule has 94 valence electrons. The summed E-state index contributed by atoms with van der Waals surface area (Å²) in [5.74, 6) is 0. The molecule has 2 atom stereocenters. The number of alkyl halides is 3. The Labute approximate surface area is 93.4 Å². The van der Waals surface area contributed by atoms with Crippen molar-refractivity contribution in [1.29, 1.82) is 0 Å². The first-order valence-corrected chi connectivity index (χ1v) is 5.96. The lowest BCUT2D eigenvalue weighted by molar-refractivity contribution is -0.137. The Kier molecular flexibility index (Phi) is 3.45. The molecule has 0 aromatic carbocycles. The summed E-state index contributed by atoms with van der Waals surface area (Å²) >= 11 is 0. The molecule has 0 saturated carbocycles. The van der Waals surface area contributed by atoms with Crippen molar-refractivity contribution in [3.8, 4) is 0 Å². The first kappa shape index (κ1) is 12.2. The van der Waals surface area contributed by atoms with Crippen LogP contribution in [0, 0.1) is 0 Å². The van der Waals surface area contributed by atoms with Crippen molar-refractivity contribution in [2.45, 2.75) is 62.9 Å². The quantitative estimate of drug-likeness (QED) is 0.814. The second-order valence-electron chi connectivity index (χ2n) is 4.97. The molecule has 16 heavy (non-hydrogen) atoms. The summed E-state index contributed by atoms with van der Waals surface area (Å²) in [5, 5.41) is 9.56. The predicted molar refractivity (Wildman–Crippen MR) is 54.0 cm³/mol. The van der Waals surface area contributed by atoms with E-state index in [1.807, 2.05) is 0 Å². The lowest BCUT2D eigenvalue weighted by atomic mass is 9.99. The molecule has 0 amide bonds. The molecule has 2 fully saturated rings. The van der Waals surface area contributed by atoms with Crippen molar-refractivity contribution < 1.29 is 18.3 Å². The highest BCUT2D eigenvalue weighted by Crippen LogP contribution is 2.36. The van der Waals surface area contributed by atoms with E-state index in [0.717, 1.165) is 25.7 Å². The van der Waals surface area contributed by atoms with E-state index in [4.69, 9.17) is 0 Å². The number of piperidine rings is 1. The van der Waals surface area contributed by atoms with E-state index in [0.29, 0.717) is 18.6 Å². The molecule has 2 bridgehead atoms. The average Bonchev–Trinajstić information content (AvgIpc) is 2.41. The second kappa shape index (κ2) is 4.53. The van der Waals surface area contributed by atoms with Gasteiger partial charge < -0.3 is 5.11 Å². The zero-order chi connectivity index (χ0) is 11.8. The van der Waals surface area contributed by atoms with Crippen LogP contribution < -0.4 is 0 Å². The van der Waals surface area contributed by atoms with Gasteiger partial charge in [-0.1, -0.05) is 0 Å². The summed E-state index contributed by atoms with van der Waals surface area (Å²) in [4.78, 5) is 2.18. The molecule has 2 heterocycles. The van der Waals surface area contributed by atoms with Crippen molar-refractivity contribution in [1.82, 2.24) is 4.90 Å². The summed E-state index contributed by atoms with van der Waals surface area (Å²) in [6.07, 6.45) is -1.23. The van der Waals surface area contributed by atoms with E-state index in [-0.39, 0.29) is 12.5 Å². The Bertz CT molecular complexity index is 230. The fourth-order valence-corrected chi connectivity index (χ4v) is 3.07. The molecule has 0 aromatic rings. The number of aliphatic hydroxyl groups is 1. The largest absolute Gasteiger partial charge is 0.393 e. The van der Waals surface area contributed by atoms with E-state index in [1.165, 1.54) is 0 Å². The number of hydrogen-bond acceptors (Lipinski definition) is 2. The standard InChI is InChI=1S/C11H18F3NO/c12-11(13,14)4-1-5-15-8-2-3-9(15)7-10(16)6-8/h8-10,16H,1-7H2.